The van der Waals surface area contributed by atoms with E-state index in [2.05, 4.69) is 16.0 Å². The summed E-state index contributed by atoms with van der Waals surface area (Å²) < 4.78 is 5.17. The van der Waals surface area contributed by atoms with Crippen LogP contribution >= 0.6 is 0 Å². The number of alkyl carbamates (subject to hydrolysis) is 1. The molecule has 0 aliphatic rings. The highest BCUT2D eigenvalue weighted by molar-refractivity contribution is 5.90. The third-order valence-electron chi connectivity index (χ3n) is 3.85. The molecule has 0 aromatic rings. The fourth-order valence-electron chi connectivity index (χ4n) is 2.45. The summed E-state index contributed by atoms with van der Waals surface area (Å²) in [5, 5.41) is 14.6. The van der Waals surface area contributed by atoms with E-state index >= 15 is 0 Å². The van der Waals surface area contributed by atoms with Crippen LogP contribution in [0, 0.1) is 5.41 Å². The number of carbonyl (C=O) groups is 4. The number of amidine groups is 1. The third kappa shape index (κ3) is 14.3. The number of hydrogen-bond acceptors (Lipinski definition) is 7. The number of nitrogens with two attached hydrogens (primary N) is 2. The molecule has 0 saturated heterocycles. The second kappa shape index (κ2) is 14.3. The predicted molar refractivity (Wildman–Crippen MR) is 113 cm³/mol. The maximum absolute atomic E-state index is 12.4. The van der Waals surface area contributed by atoms with E-state index in [4.69, 9.17) is 21.6 Å². The molecule has 2 atom stereocenters. The Kier molecular flexibility index (Phi) is 13.0. The zero-order chi connectivity index (χ0) is 23.2. The molecule has 0 rings (SSSR count). The summed E-state index contributed by atoms with van der Waals surface area (Å²) in [6, 6.07) is -1.61. The van der Waals surface area contributed by atoms with Gasteiger partial charge in [-0.15, -0.1) is 0 Å². The number of carbonyl (C=O) groups excluding carboxylic acids is 4. The van der Waals surface area contributed by atoms with E-state index in [-0.39, 0.29) is 12.4 Å². The lowest BCUT2D eigenvalue weighted by molar-refractivity contribution is -0.128. The van der Waals surface area contributed by atoms with Crippen LogP contribution in [0.5, 0.6) is 0 Å². The molecule has 0 radical (unpaired) electrons. The molecule has 3 amide bonds. The van der Waals surface area contributed by atoms with Crippen LogP contribution < -0.4 is 27.4 Å². The molecule has 0 unspecified atom stereocenters. The number of unbranched alkanes of at least 4 members (excludes halogenated alkanes) is 1. The molecule has 0 saturated carbocycles. The van der Waals surface area contributed by atoms with Crippen LogP contribution in [0.1, 0.15) is 59.3 Å². The summed E-state index contributed by atoms with van der Waals surface area (Å²) in [7, 11) is 0. The average molecular weight is 429 g/mol. The molecule has 0 aromatic carbocycles. The van der Waals surface area contributed by atoms with Crippen molar-refractivity contribution in [3.05, 3.63) is 0 Å². The molecule has 8 N–H and O–H groups in total. The summed E-state index contributed by atoms with van der Waals surface area (Å²) >= 11 is 0. The predicted octanol–water partition coefficient (Wildman–Crippen LogP) is -0.0851. The maximum Gasteiger partial charge on any atom is 0.408 e. The number of aldehydes is 1. The zero-order valence-electron chi connectivity index (χ0n) is 18.1. The maximum atomic E-state index is 12.4. The lowest BCUT2D eigenvalue weighted by atomic mass is 10.1. The Morgan fingerprint density at radius 2 is 1.77 bits per heavy atom. The Balaban J connectivity index is 4.65. The molecule has 0 aliphatic carbocycles. The fraction of sp³-hybridized carbons (Fsp3) is 0.737. The van der Waals surface area contributed by atoms with Gasteiger partial charge in [-0.05, 0) is 59.4 Å². The van der Waals surface area contributed by atoms with Crippen molar-refractivity contribution in [3.63, 3.8) is 0 Å². The van der Waals surface area contributed by atoms with Crippen LogP contribution in [0.15, 0.2) is 0 Å². The minimum atomic E-state index is -0.878. The standard InChI is InChI=1S/C19H36N6O5/c1-19(2,3)30-18(29)25-14(8-4-5-10-20)17(28)23-11-16(27)24-13(12-26)7-6-9-15(21)22/h12-14H,4-11,20H2,1-3H3,(H3,21,22)(H,23,28)(H,24,27)(H,25,29)/t13-,14+/m0/s1. The normalized spacial score (nSPS) is 12.9. The van der Waals surface area contributed by atoms with Crippen molar-refractivity contribution in [2.24, 2.45) is 11.5 Å². The molecular weight excluding hydrogens is 392 g/mol. The SMILES string of the molecule is CC(C)(C)OC(=O)N[C@H](CCCCN)C(=O)NCC(=O)N[C@H](C=O)CCCC(=N)N. The first-order valence-electron chi connectivity index (χ1n) is 10.0. The molecule has 0 bridgehead atoms. The van der Waals surface area contributed by atoms with Gasteiger partial charge >= 0.3 is 6.09 Å². The monoisotopic (exact) mass is 428 g/mol. The van der Waals surface area contributed by atoms with Crippen molar-refractivity contribution in [3.8, 4) is 0 Å². The molecule has 0 aliphatic heterocycles. The van der Waals surface area contributed by atoms with Gasteiger partial charge in [0, 0.05) is 6.42 Å². The summed E-state index contributed by atoms with van der Waals surface area (Å²) in [5.74, 6) is -1.06. The van der Waals surface area contributed by atoms with E-state index in [1.54, 1.807) is 20.8 Å². The fourth-order valence-corrected chi connectivity index (χ4v) is 2.45. The van der Waals surface area contributed by atoms with Gasteiger partial charge in [0.25, 0.3) is 0 Å². The summed E-state index contributed by atoms with van der Waals surface area (Å²) in [6.07, 6.45) is 2.65. The van der Waals surface area contributed by atoms with Gasteiger partial charge in [0.2, 0.25) is 11.8 Å². The van der Waals surface area contributed by atoms with Crippen molar-refractivity contribution in [1.29, 1.82) is 5.41 Å². The molecule has 11 nitrogen and oxygen atoms in total. The summed E-state index contributed by atoms with van der Waals surface area (Å²) in [6.45, 7) is 5.24. The molecule has 0 aromatic heterocycles. The number of amides is 3. The Morgan fingerprint density at radius 1 is 1.10 bits per heavy atom. The second-order valence-corrected chi connectivity index (χ2v) is 7.93. The van der Waals surface area contributed by atoms with Crippen molar-refractivity contribution >= 4 is 30.0 Å². The van der Waals surface area contributed by atoms with Gasteiger partial charge in [-0.1, -0.05) is 0 Å². The van der Waals surface area contributed by atoms with Crippen LogP contribution in [0.2, 0.25) is 0 Å². The first kappa shape index (κ1) is 27.3. The van der Waals surface area contributed by atoms with Crippen molar-refractivity contribution in [2.45, 2.75) is 77.0 Å². The Labute approximate surface area is 177 Å². The van der Waals surface area contributed by atoms with Gasteiger partial charge in [0.05, 0.1) is 18.4 Å². The van der Waals surface area contributed by atoms with Gasteiger partial charge in [-0.25, -0.2) is 4.79 Å². The van der Waals surface area contributed by atoms with E-state index in [1.807, 2.05) is 0 Å². The highest BCUT2D eigenvalue weighted by Crippen LogP contribution is 2.08. The van der Waals surface area contributed by atoms with E-state index < -0.39 is 35.6 Å². The van der Waals surface area contributed by atoms with Gasteiger partial charge in [-0.2, -0.15) is 0 Å². The summed E-state index contributed by atoms with van der Waals surface area (Å²) in [4.78, 5) is 47.6. The van der Waals surface area contributed by atoms with Crippen LogP contribution in [0.3, 0.4) is 0 Å². The van der Waals surface area contributed by atoms with Crippen LogP contribution in [-0.4, -0.2) is 60.8 Å². The largest absolute Gasteiger partial charge is 0.444 e. The van der Waals surface area contributed by atoms with Gasteiger partial charge in [0.1, 0.15) is 17.9 Å². The zero-order valence-corrected chi connectivity index (χ0v) is 18.1. The third-order valence-corrected chi connectivity index (χ3v) is 3.85. The number of rotatable bonds is 14. The minimum Gasteiger partial charge on any atom is -0.444 e. The van der Waals surface area contributed by atoms with Crippen molar-refractivity contribution in [1.82, 2.24) is 16.0 Å². The minimum absolute atomic E-state index is 0.0106. The first-order chi connectivity index (χ1) is 14.0. The molecular formula is C19H36N6O5. The Morgan fingerprint density at radius 3 is 2.30 bits per heavy atom. The number of hydrogen-bond donors (Lipinski definition) is 6. The molecule has 0 spiro atoms. The van der Waals surface area contributed by atoms with Crippen LogP contribution in [0.4, 0.5) is 4.79 Å². The first-order valence-corrected chi connectivity index (χ1v) is 10.0. The lowest BCUT2D eigenvalue weighted by Crippen LogP contribution is -2.50. The smallest absolute Gasteiger partial charge is 0.408 e. The van der Waals surface area contributed by atoms with Crippen LogP contribution in [0.25, 0.3) is 0 Å². The highest BCUT2D eigenvalue weighted by atomic mass is 16.6. The molecule has 0 fully saturated rings. The molecule has 11 heteroatoms. The highest BCUT2D eigenvalue weighted by Gasteiger charge is 2.24. The summed E-state index contributed by atoms with van der Waals surface area (Å²) in [5.41, 5.74) is 10.0. The molecule has 172 valence electrons. The lowest BCUT2D eigenvalue weighted by Gasteiger charge is -2.23. The van der Waals surface area contributed by atoms with E-state index in [1.165, 1.54) is 0 Å². The quantitative estimate of drug-likeness (QED) is 0.0964. The topological polar surface area (TPSA) is 189 Å². The van der Waals surface area contributed by atoms with Crippen molar-refractivity contribution < 1.29 is 23.9 Å². The molecule has 0 heterocycles. The second-order valence-electron chi connectivity index (χ2n) is 7.93. The number of nitrogens with one attached hydrogen (secondary N) is 4. The van der Waals surface area contributed by atoms with Crippen LogP contribution in [-0.2, 0) is 19.1 Å². The van der Waals surface area contributed by atoms with E-state index in [0.29, 0.717) is 51.4 Å². The van der Waals surface area contributed by atoms with E-state index in [9.17, 15) is 19.2 Å². The Bertz CT molecular complexity index is 590. The van der Waals surface area contributed by atoms with Gasteiger partial charge in [-0.3, -0.25) is 15.0 Å². The number of ether oxygens (including phenoxy) is 1. The van der Waals surface area contributed by atoms with Crippen molar-refractivity contribution in [2.75, 3.05) is 13.1 Å². The Hall–Kier alpha value is -2.69. The van der Waals surface area contributed by atoms with Gasteiger partial charge < -0.3 is 36.9 Å². The van der Waals surface area contributed by atoms with E-state index in [0.717, 1.165) is 0 Å². The average Bonchev–Trinajstić information content (AvgIpc) is 2.62. The molecule has 30 heavy (non-hydrogen) atoms. The van der Waals surface area contributed by atoms with Gasteiger partial charge in [0.15, 0.2) is 0 Å².